The number of nitrogens with zero attached hydrogens (tertiary/aromatic N) is 2. The lowest BCUT2D eigenvalue weighted by atomic mass is 9.35. The fourth-order valence-electron chi connectivity index (χ4n) is 12.8. The summed E-state index contributed by atoms with van der Waals surface area (Å²) in [4.78, 5) is 5.27. The smallest absolute Gasteiger partial charge is 0.297 e. The summed E-state index contributed by atoms with van der Waals surface area (Å²) in [6.45, 7) is 34.1. The van der Waals surface area contributed by atoms with E-state index in [1.54, 1.807) is 0 Å². The Hall–Kier alpha value is -4.70. The van der Waals surface area contributed by atoms with Gasteiger partial charge in [-0.15, -0.1) is 0 Å². The average molecular weight is 819 g/mol. The standard InChI is InChI=1S/C58H67BN2O/c1-34-18-15-16-19-44(34)61-46-21-17-20-45-50(46)59(52-51(61)36-29-38-42(33-49(36)62-52)58(13,14)27-23-54(38,5)6)43-30-39-41(57(11,12)26-24-55(39,7)8)32-48(43)60(45)47-31-40-37(28-35(47)2)53(3,4)22-25-56(40,9)10/h15-21,28-33H,22-27H2,1-14H3. The summed E-state index contributed by atoms with van der Waals surface area (Å²) in [5.41, 5.74) is 24.3. The summed E-state index contributed by atoms with van der Waals surface area (Å²) in [6, 6.07) is 31.5. The Labute approximate surface area is 372 Å². The topological polar surface area (TPSA) is 19.6 Å². The van der Waals surface area contributed by atoms with E-state index in [9.17, 15) is 0 Å². The van der Waals surface area contributed by atoms with Gasteiger partial charge in [0.25, 0.3) is 6.71 Å². The third kappa shape index (κ3) is 5.43. The van der Waals surface area contributed by atoms with Crippen molar-refractivity contribution in [1.29, 1.82) is 0 Å². The first kappa shape index (κ1) is 40.1. The van der Waals surface area contributed by atoms with Crippen LogP contribution in [0, 0.1) is 13.8 Å². The highest BCUT2D eigenvalue weighted by molar-refractivity contribution is 7.00. The molecule has 0 amide bonds. The van der Waals surface area contributed by atoms with Crippen molar-refractivity contribution in [2.24, 2.45) is 0 Å². The minimum Gasteiger partial charge on any atom is -0.468 e. The van der Waals surface area contributed by atoms with Crippen LogP contribution in [0.5, 0.6) is 0 Å². The number of furan rings is 1. The average Bonchev–Trinajstić information content (AvgIpc) is 3.58. The molecule has 11 rings (SSSR count). The van der Waals surface area contributed by atoms with E-state index in [0.29, 0.717) is 0 Å². The number of para-hydroxylation sites is 1. The van der Waals surface area contributed by atoms with E-state index in [0.717, 1.165) is 11.2 Å². The highest BCUT2D eigenvalue weighted by Gasteiger charge is 2.50. The molecule has 1 aromatic heterocycles. The molecule has 0 atom stereocenters. The molecule has 3 heterocycles. The minimum atomic E-state index is -0.0763. The van der Waals surface area contributed by atoms with Crippen LogP contribution in [0.4, 0.5) is 34.1 Å². The molecule has 0 N–H and O–H groups in total. The molecule has 0 radical (unpaired) electrons. The van der Waals surface area contributed by atoms with Gasteiger partial charge in [0.2, 0.25) is 0 Å². The van der Waals surface area contributed by atoms with Gasteiger partial charge in [0, 0.05) is 33.8 Å². The van der Waals surface area contributed by atoms with E-state index in [-0.39, 0.29) is 39.2 Å². The quantitative estimate of drug-likeness (QED) is 0.162. The Morgan fingerprint density at radius 2 is 0.887 bits per heavy atom. The molecule has 0 saturated carbocycles. The van der Waals surface area contributed by atoms with Gasteiger partial charge in [0.15, 0.2) is 0 Å². The molecule has 62 heavy (non-hydrogen) atoms. The Kier molecular flexibility index (Phi) is 8.10. The summed E-state index contributed by atoms with van der Waals surface area (Å²) < 4.78 is 7.58. The molecule has 3 nitrogen and oxygen atoms in total. The molecule has 0 spiro atoms. The van der Waals surface area contributed by atoms with Crippen LogP contribution < -0.4 is 26.4 Å². The lowest BCUT2D eigenvalue weighted by Crippen LogP contribution is -2.61. The van der Waals surface area contributed by atoms with Gasteiger partial charge in [-0.2, -0.15) is 0 Å². The summed E-state index contributed by atoms with van der Waals surface area (Å²) >= 11 is 0. The van der Waals surface area contributed by atoms with Crippen LogP contribution in [-0.2, 0) is 32.5 Å². The first-order valence-corrected chi connectivity index (χ1v) is 23.8. The van der Waals surface area contributed by atoms with Crippen molar-refractivity contribution >= 4 is 68.4 Å². The summed E-state index contributed by atoms with van der Waals surface area (Å²) in [6.07, 6.45) is 7.08. The maximum absolute atomic E-state index is 7.58. The molecular weight excluding hydrogens is 751 g/mol. The molecule has 3 aliphatic carbocycles. The fourth-order valence-corrected chi connectivity index (χ4v) is 12.8. The maximum atomic E-state index is 7.58. The zero-order chi connectivity index (χ0) is 43.8. The number of hydrogen-bond acceptors (Lipinski definition) is 3. The Bertz CT molecular complexity index is 2920. The predicted molar refractivity (Wildman–Crippen MR) is 266 cm³/mol. The van der Waals surface area contributed by atoms with Gasteiger partial charge in [0.1, 0.15) is 5.58 Å². The Balaban J connectivity index is 1.28. The van der Waals surface area contributed by atoms with Crippen molar-refractivity contribution < 1.29 is 4.42 Å². The molecule has 5 aromatic carbocycles. The van der Waals surface area contributed by atoms with Gasteiger partial charge < -0.3 is 14.2 Å². The van der Waals surface area contributed by atoms with Gasteiger partial charge in [-0.25, -0.2) is 0 Å². The second-order valence-electron chi connectivity index (χ2n) is 24.3. The van der Waals surface area contributed by atoms with E-state index < -0.39 is 0 Å². The van der Waals surface area contributed by atoms with Gasteiger partial charge in [-0.05, 0) is 183 Å². The van der Waals surface area contributed by atoms with Gasteiger partial charge >= 0.3 is 0 Å². The van der Waals surface area contributed by atoms with Crippen LogP contribution >= 0.6 is 0 Å². The summed E-state index contributed by atoms with van der Waals surface area (Å²) in [5, 5.41) is 1.22. The highest BCUT2D eigenvalue weighted by Crippen LogP contribution is 2.55. The van der Waals surface area contributed by atoms with Crippen LogP contribution in [0.25, 0.3) is 11.0 Å². The number of benzene rings is 5. The number of hydrogen-bond donors (Lipinski definition) is 0. The highest BCUT2D eigenvalue weighted by atomic mass is 16.3. The Morgan fingerprint density at radius 3 is 1.45 bits per heavy atom. The van der Waals surface area contributed by atoms with Gasteiger partial charge in [-0.1, -0.05) is 119 Å². The zero-order valence-corrected chi connectivity index (χ0v) is 40.1. The monoisotopic (exact) mass is 819 g/mol. The fraction of sp³-hybridized carbons (Fsp3) is 0.448. The molecule has 4 heteroatoms. The second kappa shape index (κ2) is 12.5. The lowest BCUT2D eigenvalue weighted by molar-refractivity contribution is 0.331. The van der Waals surface area contributed by atoms with Crippen molar-refractivity contribution in [2.75, 3.05) is 9.80 Å². The maximum Gasteiger partial charge on any atom is 0.297 e. The van der Waals surface area contributed by atoms with Crippen molar-refractivity contribution in [1.82, 2.24) is 0 Å². The van der Waals surface area contributed by atoms with Crippen LogP contribution in [0.3, 0.4) is 0 Å². The van der Waals surface area contributed by atoms with Crippen molar-refractivity contribution in [3.8, 4) is 0 Å². The third-order valence-corrected chi connectivity index (χ3v) is 17.3. The lowest BCUT2D eigenvalue weighted by Gasteiger charge is -2.47. The number of rotatable bonds is 2. The van der Waals surface area contributed by atoms with Crippen LogP contribution in [0.15, 0.2) is 83.3 Å². The molecule has 0 fully saturated rings. The largest absolute Gasteiger partial charge is 0.468 e. The molecule has 2 aliphatic heterocycles. The molecule has 5 aliphatic rings. The van der Waals surface area contributed by atoms with Crippen LogP contribution in [-0.4, -0.2) is 6.71 Å². The second-order valence-corrected chi connectivity index (χ2v) is 24.3. The van der Waals surface area contributed by atoms with Gasteiger partial charge in [-0.3, -0.25) is 0 Å². The molecule has 318 valence electrons. The van der Waals surface area contributed by atoms with Crippen molar-refractivity contribution in [2.45, 2.75) is 168 Å². The zero-order valence-electron chi connectivity index (χ0n) is 40.1. The molecule has 0 unspecified atom stereocenters. The SMILES string of the molecule is Cc1cc2c(cc1N1c3cc4c(cc3B3c5oc6cc7c(cc6c5N(c5ccccc5C)c5cccc1c53)C(C)(C)CCC7(C)C)C(C)(C)CCC4(C)C)C(C)(C)CCC2(C)C. The molecular formula is C58H67BN2O. The van der Waals surface area contributed by atoms with Crippen LogP contribution in [0.2, 0.25) is 0 Å². The first-order valence-electron chi connectivity index (χ1n) is 23.8. The van der Waals surface area contributed by atoms with E-state index in [1.807, 2.05) is 0 Å². The first-order chi connectivity index (χ1) is 29.0. The Morgan fingerprint density at radius 1 is 0.435 bits per heavy atom. The number of anilines is 6. The van der Waals surface area contributed by atoms with E-state index in [1.165, 1.54) is 133 Å². The molecule has 0 saturated heterocycles. The summed E-state index contributed by atoms with van der Waals surface area (Å²) in [5.74, 6) is 0. The van der Waals surface area contributed by atoms with E-state index in [2.05, 4.69) is 186 Å². The molecule has 6 aromatic rings. The van der Waals surface area contributed by atoms with E-state index >= 15 is 0 Å². The third-order valence-electron chi connectivity index (χ3n) is 17.3. The minimum absolute atomic E-state index is 0.0522. The predicted octanol–water partition coefficient (Wildman–Crippen LogP) is 14.2. The summed E-state index contributed by atoms with van der Waals surface area (Å²) in [7, 11) is 0. The normalized spacial score (nSPS) is 21.4. The number of fused-ring (bicyclic) bond motifs is 9. The van der Waals surface area contributed by atoms with Crippen molar-refractivity contribution in [3.05, 3.63) is 123 Å². The van der Waals surface area contributed by atoms with Crippen LogP contribution in [0.1, 0.15) is 166 Å². The van der Waals surface area contributed by atoms with Crippen molar-refractivity contribution in [3.63, 3.8) is 0 Å². The molecule has 0 bridgehead atoms. The van der Waals surface area contributed by atoms with Gasteiger partial charge in [0.05, 0.1) is 11.3 Å². The van der Waals surface area contributed by atoms with E-state index in [4.69, 9.17) is 4.42 Å². The number of aryl methyl sites for hydroxylation is 2.